The van der Waals surface area contributed by atoms with Crippen molar-refractivity contribution in [2.24, 2.45) is 0 Å². The summed E-state index contributed by atoms with van der Waals surface area (Å²) in [4.78, 5) is 28.2. The molecule has 0 radical (unpaired) electrons. The molecule has 2 aromatic carbocycles. The number of para-hydroxylation sites is 1. The summed E-state index contributed by atoms with van der Waals surface area (Å²) in [5.74, 6) is 0.127. The number of pyridine rings is 1. The third kappa shape index (κ3) is 4.67. The fourth-order valence-electron chi connectivity index (χ4n) is 2.04. The second kappa shape index (κ2) is 8.26. The van der Waals surface area contributed by atoms with Crippen LogP contribution in [0.3, 0.4) is 0 Å². The normalized spacial score (nSPS) is 10.0. The predicted molar refractivity (Wildman–Crippen MR) is 99.8 cm³/mol. The molecule has 0 atom stereocenters. The Bertz CT molecular complexity index is 898. The second-order valence-corrected chi connectivity index (χ2v) is 6.13. The first-order valence-electron chi connectivity index (χ1n) is 7.67. The van der Waals surface area contributed by atoms with Crippen molar-refractivity contribution in [1.82, 2.24) is 15.8 Å². The molecule has 0 saturated heterocycles. The first kappa shape index (κ1) is 17.6. The molecule has 0 saturated carbocycles. The summed E-state index contributed by atoms with van der Waals surface area (Å²) in [6.07, 6.45) is 1.37. The third-order valence-corrected chi connectivity index (χ3v) is 3.89. The molecule has 0 bridgehead atoms. The fraction of sp³-hybridized carbons (Fsp3) is 0. The number of hydrogen-bond donors (Lipinski definition) is 2. The molecule has 6 nitrogen and oxygen atoms in total. The van der Waals surface area contributed by atoms with Crippen LogP contribution in [0.15, 0.2) is 77.4 Å². The Balaban J connectivity index is 1.56. The summed E-state index contributed by atoms with van der Waals surface area (Å²) < 4.78 is 6.43. The zero-order valence-corrected chi connectivity index (χ0v) is 15.1. The first-order valence-corrected chi connectivity index (χ1v) is 8.46. The number of aromatic nitrogens is 1. The number of nitrogens with zero attached hydrogens (tertiary/aromatic N) is 1. The molecule has 0 aliphatic carbocycles. The van der Waals surface area contributed by atoms with E-state index >= 15 is 0 Å². The minimum atomic E-state index is -0.478. The lowest BCUT2D eigenvalue weighted by atomic mass is 10.2. The Morgan fingerprint density at radius 2 is 1.42 bits per heavy atom. The van der Waals surface area contributed by atoms with Crippen molar-refractivity contribution in [3.05, 3.63) is 88.5 Å². The Kier molecular flexibility index (Phi) is 5.60. The number of ether oxygens (including phenoxy) is 1. The molecule has 1 heterocycles. The number of halogens is 1. The summed E-state index contributed by atoms with van der Waals surface area (Å²) in [5.41, 5.74) is 5.43. The van der Waals surface area contributed by atoms with Crippen molar-refractivity contribution in [2.75, 3.05) is 0 Å². The van der Waals surface area contributed by atoms with Crippen LogP contribution in [0.4, 0.5) is 0 Å². The first-order chi connectivity index (χ1) is 12.6. The zero-order chi connectivity index (χ0) is 18.4. The lowest BCUT2D eigenvalue weighted by Gasteiger charge is -2.08. The summed E-state index contributed by atoms with van der Waals surface area (Å²) in [7, 11) is 0. The zero-order valence-electron chi connectivity index (χ0n) is 13.5. The minimum Gasteiger partial charge on any atom is -0.439 e. The van der Waals surface area contributed by atoms with Crippen LogP contribution in [0.2, 0.25) is 0 Å². The van der Waals surface area contributed by atoms with E-state index < -0.39 is 11.8 Å². The van der Waals surface area contributed by atoms with Crippen LogP contribution in [-0.2, 0) is 0 Å². The summed E-state index contributed by atoms with van der Waals surface area (Å²) >= 11 is 3.30. The Hall–Kier alpha value is -3.19. The van der Waals surface area contributed by atoms with Gasteiger partial charge in [-0.15, -0.1) is 0 Å². The van der Waals surface area contributed by atoms with Crippen LogP contribution in [0.5, 0.6) is 11.6 Å². The minimum absolute atomic E-state index is 0.293. The van der Waals surface area contributed by atoms with Crippen molar-refractivity contribution in [2.45, 2.75) is 0 Å². The highest BCUT2D eigenvalue weighted by molar-refractivity contribution is 9.10. The Morgan fingerprint density at radius 3 is 2.04 bits per heavy atom. The molecular formula is C19H14BrN3O3. The second-order valence-electron chi connectivity index (χ2n) is 5.22. The van der Waals surface area contributed by atoms with Gasteiger partial charge in [-0.25, -0.2) is 4.98 Å². The Morgan fingerprint density at radius 1 is 0.808 bits per heavy atom. The molecule has 0 unspecified atom stereocenters. The van der Waals surface area contributed by atoms with Gasteiger partial charge in [0.05, 0.1) is 5.56 Å². The molecule has 0 fully saturated rings. The number of rotatable bonds is 4. The number of benzene rings is 2. The number of carbonyl (C=O) groups is 2. The third-order valence-electron chi connectivity index (χ3n) is 3.36. The molecule has 26 heavy (non-hydrogen) atoms. The van der Waals surface area contributed by atoms with Crippen LogP contribution < -0.4 is 15.6 Å². The molecule has 7 heteroatoms. The molecule has 1 aromatic heterocycles. The topological polar surface area (TPSA) is 80.3 Å². The predicted octanol–water partition coefficient (Wildman–Crippen LogP) is 3.71. The van der Waals surface area contributed by atoms with Crippen molar-refractivity contribution < 1.29 is 14.3 Å². The molecule has 0 aliphatic rings. The number of nitrogens with one attached hydrogen (secondary N) is 2. The van der Waals surface area contributed by atoms with Gasteiger partial charge in [0.2, 0.25) is 5.88 Å². The SMILES string of the molecule is O=C(NNC(=O)c1ccc(Oc2ccccc2)nc1)c1ccc(Br)cc1. The van der Waals surface area contributed by atoms with Crippen LogP contribution in [0.1, 0.15) is 20.7 Å². The summed E-state index contributed by atoms with van der Waals surface area (Å²) in [6, 6.07) is 19.1. The van der Waals surface area contributed by atoms with E-state index in [1.165, 1.54) is 6.20 Å². The number of hydrogen-bond acceptors (Lipinski definition) is 4. The molecule has 0 aliphatic heterocycles. The maximum atomic E-state index is 12.1. The van der Waals surface area contributed by atoms with E-state index in [2.05, 4.69) is 31.8 Å². The highest BCUT2D eigenvalue weighted by Crippen LogP contribution is 2.18. The van der Waals surface area contributed by atoms with Crippen LogP contribution in [0.25, 0.3) is 0 Å². The molecule has 0 spiro atoms. The maximum absolute atomic E-state index is 12.1. The van der Waals surface area contributed by atoms with Gasteiger partial charge in [-0.2, -0.15) is 0 Å². The van der Waals surface area contributed by atoms with Crippen molar-refractivity contribution in [3.8, 4) is 11.6 Å². The van der Waals surface area contributed by atoms with E-state index in [9.17, 15) is 9.59 Å². The molecule has 2 amide bonds. The molecular weight excluding hydrogens is 398 g/mol. The smallest absolute Gasteiger partial charge is 0.271 e. The average Bonchev–Trinajstić information content (AvgIpc) is 2.68. The van der Waals surface area contributed by atoms with Gasteiger partial charge in [-0.3, -0.25) is 20.4 Å². The van der Waals surface area contributed by atoms with E-state index in [-0.39, 0.29) is 0 Å². The van der Waals surface area contributed by atoms with Crippen molar-refractivity contribution in [1.29, 1.82) is 0 Å². The van der Waals surface area contributed by atoms with Crippen LogP contribution in [-0.4, -0.2) is 16.8 Å². The van der Waals surface area contributed by atoms with Gasteiger partial charge in [-0.05, 0) is 42.5 Å². The van der Waals surface area contributed by atoms with Gasteiger partial charge >= 0.3 is 0 Å². The molecule has 3 rings (SSSR count). The van der Waals surface area contributed by atoms with Crippen LogP contribution in [0, 0.1) is 0 Å². The summed E-state index contributed by atoms with van der Waals surface area (Å²) in [6.45, 7) is 0. The van der Waals surface area contributed by atoms with Crippen molar-refractivity contribution >= 4 is 27.7 Å². The molecule has 2 N–H and O–H groups in total. The quantitative estimate of drug-likeness (QED) is 0.641. The van der Waals surface area contributed by atoms with Gasteiger partial charge in [0.1, 0.15) is 5.75 Å². The maximum Gasteiger partial charge on any atom is 0.271 e. The van der Waals surface area contributed by atoms with E-state index in [1.807, 2.05) is 18.2 Å². The van der Waals surface area contributed by atoms with E-state index in [4.69, 9.17) is 4.74 Å². The fourth-order valence-corrected chi connectivity index (χ4v) is 2.31. The highest BCUT2D eigenvalue weighted by Gasteiger charge is 2.10. The number of amides is 2. The average molecular weight is 412 g/mol. The van der Waals surface area contributed by atoms with Gasteiger partial charge in [0.15, 0.2) is 0 Å². The van der Waals surface area contributed by atoms with Crippen molar-refractivity contribution in [3.63, 3.8) is 0 Å². The number of hydrazine groups is 1. The molecule has 3 aromatic rings. The van der Waals surface area contributed by atoms with E-state index in [0.29, 0.717) is 22.8 Å². The lowest BCUT2D eigenvalue weighted by molar-refractivity contribution is 0.0846. The van der Waals surface area contributed by atoms with Gasteiger partial charge < -0.3 is 4.74 Å². The highest BCUT2D eigenvalue weighted by atomic mass is 79.9. The van der Waals surface area contributed by atoms with Gasteiger partial charge in [-0.1, -0.05) is 34.1 Å². The van der Waals surface area contributed by atoms with Crippen LogP contribution >= 0.6 is 15.9 Å². The standard InChI is InChI=1S/C19H14BrN3O3/c20-15-9-6-13(7-10-15)18(24)22-23-19(25)14-8-11-17(21-12-14)26-16-4-2-1-3-5-16/h1-12H,(H,22,24)(H,23,25). The number of carbonyl (C=O) groups excluding carboxylic acids is 2. The lowest BCUT2D eigenvalue weighted by Crippen LogP contribution is -2.41. The van der Waals surface area contributed by atoms with E-state index in [0.717, 1.165) is 4.47 Å². The van der Waals surface area contributed by atoms with Gasteiger partial charge in [0, 0.05) is 22.3 Å². The Labute approximate surface area is 158 Å². The largest absolute Gasteiger partial charge is 0.439 e. The molecule has 130 valence electrons. The summed E-state index contributed by atoms with van der Waals surface area (Å²) in [5, 5.41) is 0. The van der Waals surface area contributed by atoms with Gasteiger partial charge in [0.25, 0.3) is 11.8 Å². The monoisotopic (exact) mass is 411 g/mol. The van der Waals surface area contributed by atoms with E-state index in [1.54, 1.807) is 48.5 Å².